The maximum absolute atomic E-state index is 15.1. The van der Waals surface area contributed by atoms with Crippen LogP contribution in [0.3, 0.4) is 0 Å². The van der Waals surface area contributed by atoms with Gasteiger partial charge in [-0.1, -0.05) is 138 Å². The van der Waals surface area contributed by atoms with Crippen molar-refractivity contribution in [3.8, 4) is 11.5 Å². The molecule has 0 radical (unpaired) electrons. The van der Waals surface area contributed by atoms with Crippen LogP contribution in [0.1, 0.15) is 99.8 Å². The van der Waals surface area contributed by atoms with Gasteiger partial charge in [-0.2, -0.15) is 0 Å². The van der Waals surface area contributed by atoms with Crippen molar-refractivity contribution < 1.29 is 128 Å². The number of carbonyl (C=O) groups excluding carboxylic acids is 6. The lowest BCUT2D eigenvalue weighted by Crippen LogP contribution is -2.69. The maximum atomic E-state index is 15.1. The fourth-order valence-electron chi connectivity index (χ4n) is 13.5. The summed E-state index contributed by atoms with van der Waals surface area (Å²) in [4.78, 5) is 89.5. The molecule has 0 spiro atoms. The monoisotopic (exact) mass is 1520 g/mol. The molecule has 6 heterocycles. The summed E-state index contributed by atoms with van der Waals surface area (Å²) in [7, 11) is 2.25. The molecular formula is C81H92O27Si. The molecule has 582 valence electrons. The number of ether oxygens (including phenoxy) is 20. The summed E-state index contributed by atoms with van der Waals surface area (Å²) in [5.41, 5.74) is 1.42. The first-order valence-corrected chi connectivity index (χ1v) is 38.9. The molecule has 0 aliphatic carbocycles. The zero-order valence-electron chi connectivity index (χ0n) is 62.3. The molecule has 6 fully saturated rings. The third-order valence-corrected chi connectivity index (χ3v) is 24.9. The molecular weight excluding hydrogens is 1430 g/mol. The number of methoxy groups -OCH3 is 4. The fourth-order valence-corrected chi connectivity index (χ4v) is 14.8. The van der Waals surface area contributed by atoms with Gasteiger partial charge in [-0.05, 0) is 90.9 Å². The number of hydrogen-bond donors (Lipinski definition) is 0. The van der Waals surface area contributed by atoms with Gasteiger partial charge in [0.1, 0.15) is 48.1 Å². The third-order valence-electron chi connectivity index (χ3n) is 20.4. The molecule has 10 unspecified atom stereocenters. The van der Waals surface area contributed by atoms with Gasteiger partial charge in [-0.3, -0.25) is 0 Å². The van der Waals surface area contributed by atoms with E-state index in [2.05, 4.69) is 6.58 Å². The van der Waals surface area contributed by atoms with Crippen LogP contribution in [0.15, 0.2) is 183 Å². The highest BCUT2D eigenvalue weighted by Crippen LogP contribution is 2.47. The summed E-state index contributed by atoms with van der Waals surface area (Å²) >= 11 is 0. The van der Waals surface area contributed by atoms with Gasteiger partial charge in [0.25, 0.3) is 0 Å². The van der Waals surface area contributed by atoms with E-state index in [1.807, 2.05) is 33.9 Å². The predicted molar refractivity (Wildman–Crippen MR) is 386 cm³/mol. The van der Waals surface area contributed by atoms with Crippen LogP contribution < -0.4 is 9.47 Å². The molecule has 6 aliphatic heterocycles. The molecule has 6 aromatic rings. The molecule has 0 saturated carbocycles. The second-order valence-electron chi connectivity index (χ2n) is 28.5. The second kappa shape index (κ2) is 35.5. The standard InChI is InChI=1S/C81H92O27Si/c1-13-42-92-75-45(2)57(59-55(95-75)43-93-77(103-59)51-34-38-53(88-7)39-35-51)101-79-67(99-71(84)49-30-22-16-23-31-49)62(97-69(82)47-26-18-14-19-27-47)61(65(106-79)73(86)90-9)105-76-46(3)58(60-56(96-76)44-94-78(104-60)52-36-40-54(89-8)41-37-52)102-80-68(100-72(85)50-32-24-17-25-33-50)63(98-70(83)48-28-20-15-21-29-48)64(66(107-80)74(87)91-10)108-109(11,12)81(4,5)6/h13-41,45-46,55-68,75-80H,1,42-44H2,2-12H3/t45?,46?,55?,56?,57-,58-,59+,60+,61-,62+,63+,64-,65?,66?,67?,68?,75-,76+,77?,78?,79-,80-/m1/s1. The smallest absolute Gasteiger partial charge is 0.338 e. The van der Waals surface area contributed by atoms with Gasteiger partial charge in [0.05, 0.1) is 82.7 Å². The Morgan fingerprint density at radius 1 is 0.431 bits per heavy atom. The average molecular weight is 1530 g/mol. The van der Waals surface area contributed by atoms with E-state index in [1.165, 1.54) is 55.6 Å². The van der Waals surface area contributed by atoms with E-state index in [1.54, 1.807) is 148 Å². The Morgan fingerprint density at radius 2 is 0.780 bits per heavy atom. The van der Waals surface area contributed by atoms with Crippen molar-refractivity contribution in [2.45, 2.75) is 176 Å². The van der Waals surface area contributed by atoms with Crippen molar-refractivity contribution in [1.82, 2.24) is 0 Å². The number of fused-ring (bicyclic) bond motifs is 2. The van der Waals surface area contributed by atoms with Crippen molar-refractivity contribution in [3.05, 3.63) is 216 Å². The fraction of sp³-hybridized carbons (Fsp3) is 0.457. The SMILES string of the molecule is C=CCO[C@@H]1OC2COC(c3ccc(OC)cc3)O[C@@H]2[C@H](O[C@@H]2OC(C(=O)OC)[C@H](O[C@@H]3OC4COC(c5ccc(OC)cc5)O[C@@H]4[C@H](O[C@@H]4OC(C(=O)OC)[C@H](O[Si](C)(C)C(C)(C)C)[C@H](OC(=O)c5ccccc5)C4OC(=O)c4ccccc4)C3C)[C@H](OC(=O)c3ccccc3)C2OC(=O)c2ccccc2)C1C. The summed E-state index contributed by atoms with van der Waals surface area (Å²) in [6.45, 7) is 16.8. The predicted octanol–water partition coefficient (Wildman–Crippen LogP) is 10.4. The van der Waals surface area contributed by atoms with E-state index < -0.39 is 184 Å². The Labute approximate surface area is 632 Å². The van der Waals surface area contributed by atoms with Gasteiger partial charge in [0.2, 0.25) is 0 Å². The first-order chi connectivity index (χ1) is 52.5. The maximum Gasteiger partial charge on any atom is 0.338 e. The molecule has 0 N–H and O–H groups in total. The molecule has 0 aromatic heterocycles. The minimum atomic E-state index is -3.08. The molecule has 28 heteroatoms. The quantitative estimate of drug-likeness (QED) is 0.0223. The number of benzene rings is 6. The molecule has 6 aliphatic rings. The lowest BCUT2D eigenvalue weighted by molar-refractivity contribution is -0.402. The Balaban J connectivity index is 0.977. The topological polar surface area (TPSA) is 296 Å². The molecule has 0 amide bonds. The molecule has 0 bridgehead atoms. The lowest BCUT2D eigenvalue weighted by Gasteiger charge is -2.53. The van der Waals surface area contributed by atoms with Gasteiger partial charge in [-0.15, -0.1) is 6.58 Å². The number of esters is 6. The van der Waals surface area contributed by atoms with E-state index in [0.717, 1.165) is 14.2 Å². The van der Waals surface area contributed by atoms with E-state index in [9.17, 15) is 19.2 Å². The minimum Gasteiger partial charge on any atom is -0.497 e. The molecule has 27 nitrogen and oxygen atoms in total. The largest absolute Gasteiger partial charge is 0.497 e. The highest BCUT2D eigenvalue weighted by atomic mass is 28.4. The van der Waals surface area contributed by atoms with Crippen molar-refractivity contribution in [2.24, 2.45) is 11.8 Å². The number of carbonyl (C=O) groups is 6. The summed E-state index contributed by atoms with van der Waals surface area (Å²) in [5, 5.41) is -0.541. The Kier molecular flexibility index (Phi) is 25.9. The molecule has 109 heavy (non-hydrogen) atoms. The third kappa shape index (κ3) is 18.1. The Hall–Kier alpha value is -8.82. The molecule has 22 atom stereocenters. The van der Waals surface area contributed by atoms with Crippen molar-refractivity contribution in [1.29, 1.82) is 0 Å². The van der Waals surface area contributed by atoms with Crippen LogP contribution in [0.25, 0.3) is 0 Å². The van der Waals surface area contributed by atoms with Gasteiger partial charge in [0, 0.05) is 23.0 Å². The first kappa shape index (κ1) is 79.7. The Morgan fingerprint density at radius 3 is 1.15 bits per heavy atom. The molecule has 12 rings (SSSR count). The van der Waals surface area contributed by atoms with Gasteiger partial charge in [-0.25, -0.2) is 28.8 Å². The van der Waals surface area contributed by atoms with Crippen molar-refractivity contribution >= 4 is 44.1 Å². The number of rotatable bonds is 25. The van der Waals surface area contributed by atoms with Crippen LogP contribution in [0, 0.1) is 11.8 Å². The normalized spacial score (nSPS) is 31.0. The summed E-state index contributed by atoms with van der Waals surface area (Å²) in [6.07, 6.45) is -28.3. The molecule has 6 aromatic carbocycles. The zero-order chi connectivity index (χ0) is 77.3. The van der Waals surface area contributed by atoms with E-state index in [4.69, 9.17) is 99.2 Å². The summed E-state index contributed by atoms with van der Waals surface area (Å²) in [6, 6.07) is 46.0. The zero-order valence-corrected chi connectivity index (χ0v) is 63.3. The van der Waals surface area contributed by atoms with E-state index in [0.29, 0.717) is 22.6 Å². The summed E-state index contributed by atoms with van der Waals surface area (Å²) in [5.74, 6) is -6.60. The molecule has 6 saturated heterocycles. The van der Waals surface area contributed by atoms with Crippen LogP contribution in [-0.4, -0.2) is 203 Å². The average Bonchev–Trinajstić information content (AvgIpc) is 0.752. The van der Waals surface area contributed by atoms with Crippen molar-refractivity contribution in [2.75, 3.05) is 48.3 Å². The highest BCUT2D eigenvalue weighted by Gasteiger charge is 2.63. The highest BCUT2D eigenvalue weighted by molar-refractivity contribution is 6.74. The van der Waals surface area contributed by atoms with Crippen molar-refractivity contribution in [3.63, 3.8) is 0 Å². The first-order valence-electron chi connectivity index (χ1n) is 36.0. The van der Waals surface area contributed by atoms with E-state index in [-0.39, 0.29) is 42.1 Å². The minimum absolute atomic E-state index is 0.0303. The summed E-state index contributed by atoms with van der Waals surface area (Å²) < 4.78 is 137. The Bertz CT molecular complexity index is 4040. The van der Waals surface area contributed by atoms with Gasteiger partial charge in [0.15, 0.2) is 82.7 Å². The van der Waals surface area contributed by atoms with Crippen LogP contribution in [0.5, 0.6) is 11.5 Å². The van der Waals surface area contributed by atoms with E-state index >= 15 is 9.59 Å². The van der Waals surface area contributed by atoms with Gasteiger partial charge >= 0.3 is 35.8 Å². The lowest BCUT2D eigenvalue weighted by atomic mass is 9.89. The van der Waals surface area contributed by atoms with Crippen LogP contribution >= 0.6 is 0 Å². The van der Waals surface area contributed by atoms with Crippen LogP contribution in [0.2, 0.25) is 18.1 Å². The van der Waals surface area contributed by atoms with Crippen LogP contribution in [-0.2, 0) is 99.3 Å². The second-order valence-corrected chi connectivity index (χ2v) is 33.2. The number of hydrogen-bond acceptors (Lipinski definition) is 27. The van der Waals surface area contributed by atoms with Crippen LogP contribution in [0.4, 0.5) is 0 Å². The van der Waals surface area contributed by atoms with Gasteiger partial charge < -0.3 is 99.2 Å².